The molecule has 5 nitrogen and oxygen atoms in total. The van der Waals surface area contributed by atoms with Gasteiger partial charge in [0.15, 0.2) is 0 Å². The third-order valence-electron chi connectivity index (χ3n) is 1.74. The SMILES string of the molecule is CC(=O)OCCOc1ccc(NC=O)cc1. The summed E-state index contributed by atoms with van der Waals surface area (Å²) in [6.45, 7) is 1.88. The standard InChI is InChI=1S/C11H13NO4/c1-9(14)15-6-7-16-11-4-2-10(3-5-11)12-8-13/h2-5,8H,6-7H2,1H3,(H,12,13). The Kier molecular flexibility index (Phi) is 4.85. The fourth-order valence-electron chi connectivity index (χ4n) is 1.06. The van der Waals surface area contributed by atoms with Crippen LogP contribution in [0.15, 0.2) is 24.3 Å². The number of anilines is 1. The molecule has 0 heterocycles. The maximum Gasteiger partial charge on any atom is 0.302 e. The molecule has 0 atom stereocenters. The van der Waals surface area contributed by atoms with E-state index < -0.39 is 0 Å². The summed E-state index contributed by atoms with van der Waals surface area (Å²) < 4.78 is 10.00. The molecule has 1 aromatic rings. The molecule has 1 aromatic carbocycles. The number of ether oxygens (including phenoxy) is 2. The van der Waals surface area contributed by atoms with E-state index >= 15 is 0 Å². The van der Waals surface area contributed by atoms with Crippen LogP contribution in [0.3, 0.4) is 0 Å². The summed E-state index contributed by atoms with van der Waals surface area (Å²) in [7, 11) is 0. The van der Waals surface area contributed by atoms with Crippen LogP contribution in [0.25, 0.3) is 0 Å². The summed E-state index contributed by atoms with van der Waals surface area (Å²) in [5.74, 6) is 0.331. The van der Waals surface area contributed by atoms with Crippen molar-refractivity contribution in [1.29, 1.82) is 0 Å². The second-order valence-corrected chi connectivity index (χ2v) is 2.98. The van der Waals surface area contributed by atoms with Gasteiger partial charge in [0.05, 0.1) is 0 Å². The molecule has 0 saturated heterocycles. The lowest BCUT2D eigenvalue weighted by molar-refractivity contribution is -0.141. The molecule has 0 fully saturated rings. The van der Waals surface area contributed by atoms with Crippen molar-refractivity contribution in [2.24, 2.45) is 0 Å². The zero-order valence-electron chi connectivity index (χ0n) is 8.93. The first-order chi connectivity index (χ1) is 7.72. The van der Waals surface area contributed by atoms with Crippen LogP contribution in [-0.4, -0.2) is 25.6 Å². The Morgan fingerprint density at radius 1 is 1.31 bits per heavy atom. The summed E-state index contributed by atoms with van der Waals surface area (Å²) in [4.78, 5) is 20.6. The van der Waals surface area contributed by atoms with Gasteiger partial charge in [-0.25, -0.2) is 0 Å². The van der Waals surface area contributed by atoms with E-state index in [1.807, 2.05) is 0 Å². The topological polar surface area (TPSA) is 64.6 Å². The minimum absolute atomic E-state index is 0.226. The maximum atomic E-state index is 10.5. The van der Waals surface area contributed by atoms with Crippen molar-refractivity contribution in [2.75, 3.05) is 18.5 Å². The van der Waals surface area contributed by atoms with Crippen LogP contribution >= 0.6 is 0 Å². The molecule has 0 bridgehead atoms. The van der Waals surface area contributed by atoms with Gasteiger partial charge in [0.1, 0.15) is 19.0 Å². The monoisotopic (exact) mass is 223 g/mol. The second kappa shape index (κ2) is 6.44. The van der Waals surface area contributed by atoms with Gasteiger partial charge in [0.25, 0.3) is 0 Å². The minimum Gasteiger partial charge on any atom is -0.490 e. The quantitative estimate of drug-likeness (QED) is 0.447. The van der Waals surface area contributed by atoms with E-state index in [-0.39, 0.29) is 12.6 Å². The van der Waals surface area contributed by atoms with Gasteiger partial charge in [-0.2, -0.15) is 0 Å². The Bertz CT molecular complexity index is 348. The Balaban J connectivity index is 2.31. The lowest BCUT2D eigenvalue weighted by Crippen LogP contribution is -2.09. The third-order valence-corrected chi connectivity index (χ3v) is 1.74. The number of hydrogen-bond acceptors (Lipinski definition) is 4. The highest BCUT2D eigenvalue weighted by atomic mass is 16.6. The highest BCUT2D eigenvalue weighted by molar-refractivity contribution is 5.71. The molecular weight excluding hydrogens is 210 g/mol. The number of nitrogens with one attached hydrogen (secondary N) is 1. The Hall–Kier alpha value is -2.04. The Morgan fingerprint density at radius 3 is 2.56 bits per heavy atom. The van der Waals surface area contributed by atoms with Crippen molar-refractivity contribution in [3.05, 3.63) is 24.3 Å². The lowest BCUT2D eigenvalue weighted by Gasteiger charge is -2.06. The highest BCUT2D eigenvalue weighted by Crippen LogP contribution is 2.14. The number of esters is 1. The van der Waals surface area contributed by atoms with Gasteiger partial charge < -0.3 is 14.8 Å². The van der Waals surface area contributed by atoms with Gasteiger partial charge in [-0.15, -0.1) is 0 Å². The predicted octanol–water partition coefficient (Wildman–Crippen LogP) is 1.20. The van der Waals surface area contributed by atoms with Crippen molar-refractivity contribution in [3.8, 4) is 5.75 Å². The largest absolute Gasteiger partial charge is 0.490 e. The molecule has 0 aromatic heterocycles. The van der Waals surface area contributed by atoms with Crippen LogP contribution < -0.4 is 10.1 Å². The first kappa shape index (κ1) is 12.0. The van der Waals surface area contributed by atoms with Crippen molar-refractivity contribution >= 4 is 18.1 Å². The van der Waals surface area contributed by atoms with E-state index in [4.69, 9.17) is 9.47 Å². The molecule has 0 unspecified atom stereocenters. The molecule has 0 aliphatic carbocycles. The van der Waals surface area contributed by atoms with Crippen LogP contribution in [0.5, 0.6) is 5.75 Å². The molecule has 0 spiro atoms. The van der Waals surface area contributed by atoms with Crippen LogP contribution in [0.1, 0.15) is 6.92 Å². The molecule has 1 N–H and O–H groups in total. The van der Waals surface area contributed by atoms with Crippen molar-refractivity contribution in [2.45, 2.75) is 6.92 Å². The molecule has 16 heavy (non-hydrogen) atoms. The zero-order chi connectivity index (χ0) is 11.8. The lowest BCUT2D eigenvalue weighted by atomic mass is 10.3. The van der Waals surface area contributed by atoms with Gasteiger partial charge in [-0.1, -0.05) is 0 Å². The van der Waals surface area contributed by atoms with Gasteiger partial charge in [0.2, 0.25) is 6.41 Å². The fraction of sp³-hybridized carbons (Fsp3) is 0.273. The third kappa shape index (κ3) is 4.45. The normalized spacial score (nSPS) is 9.31. The molecule has 0 aliphatic heterocycles. The molecular formula is C11H13NO4. The maximum absolute atomic E-state index is 10.5. The van der Waals surface area contributed by atoms with Crippen LogP contribution in [-0.2, 0) is 14.3 Å². The number of benzene rings is 1. The summed E-state index contributed by atoms with van der Waals surface area (Å²) in [5, 5.41) is 2.51. The molecule has 0 saturated carbocycles. The van der Waals surface area contributed by atoms with E-state index in [0.717, 1.165) is 0 Å². The number of hydrogen-bond donors (Lipinski definition) is 1. The summed E-state index contributed by atoms with van der Waals surface area (Å²) in [6.07, 6.45) is 0.608. The number of amides is 1. The van der Waals surface area contributed by atoms with Crippen molar-refractivity contribution in [3.63, 3.8) is 0 Å². The van der Waals surface area contributed by atoms with E-state index in [1.54, 1.807) is 24.3 Å². The number of rotatable bonds is 6. The Labute approximate surface area is 93.4 Å². The fourth-order valence-corrected chi connectivity index (χ4v) is 1.06. The highest BCUT2D eigenvalue weighted by Gasteiger charge is 1.96. The summed E-state index contributed by atoms with van der Waals surface area (Å²) in [6, 6.07) is 6.88. The zero-order valence-corrected chi connectivity index (χ0v) is 8.93. The number of carbonyl (C=O) groups excluding carboxylic acids is 2. The molecule has 1 amide bonds. The van der Waals surface area contributed by atoms with E-state index in [1.165, 1.54) is 6.92 Å². The molecule has 0 aliphatic rings. The predicted molar refractivity (Wildman–Crippen MR) is 58.3 cm³/mol. The Morgan fingerprint density at radius 2 is 2.00 bits per heavy atom. The van der Waals surface area contributed by atoms with E-state index in [2.05, 4.69) is 5.32 Å². The average molecular weight is 223 g/mol. The number of carbonyl (C=O) groups is 2. The van der Waals surface area contributed by atoms with E-state index in [0.29, 0.717) is 24.5 Å². The summed E-state index contributed by atoms with van der Waals surface area (Å²) >= 11 is 0. The van der Waals surface area contributed by atoms with Crippen molar-refractivity contribution in [1.82, 2.24) is 0 Å². The van der Waals surface area contributed by atoms with Gasteiger partial charge in [-0.05, 0) is 24.3 Å². The van der Waals surface area contributed by atoms with Gasteiger partial charge in [0, 0.05) is 12.6 Å². The van der Waals surface area contributed by atoms with Gasteiger partial charge in [-0.3, -0.25) is 9.59 Å². The average Bonchev–Trinajstić information content (AvgIpc) is 2.27. The summed E-state index contributed by atoms with van der Waals surface area (Å²) in [5.41, 5.74) is 0.697. The van der Waals surface area contributed by atoms with Gasteiger partial charge >= 0.3 is 5.97 Å². The molecule has 5 heteroatoms. The van der Waals surface area contributed by atoms with Crippen molar-refractivity contribution < 1.29 is 19.1 Å². The van der Waals surface area contributed by atoms with E-state index in [9.17, 15) is 9.59 Å². The minimum atomic E-state index is -0.325. The van der Waals surface area contributed by atoms with Crippen LogP contribution in [0, 0.1) is 0 Å². The van der Waals surface area contributed by atoms with Crippen LogP contribution in [0.2, 0.25) is 0 Å². The smallest absolute Gasteiger partial charge is 0.302 e. The second-order valence-electron chi connectivity index (χ2n) is 2.98. The molecule has 1 rings (SSSR count). The van der Waals surface area contributed by atoms with Crippen LogP contribution in [0.4, 0.5) is 5.69 Å². The molecule has 86 valence electrons. The first-order valence-corrected chi connectivity index (χ1v) is 4.79. The first-order valence-electron chi connectivity index (χ1n) is 4.79. The molecule has 0 radical (unpaired) electrons.